The standard InChI is InChI=1S/C18H18F6N4O2S/c19-17(20,21)13-3-4-15-12(5-13)7-27(31(29,30)18(22,23)24)9-16(11-1-2-11)28(15)8-14-6-25-10-26-14/h3-6,10-11,16H,1-2,7-9H2,(H,25,26)/t16-/m1/s1. The predicted molar refractivity (Wildman–Crippen MR) is 98.1 cm³/mol. The second-order valence-electron chi connectivity index (χ2n) is 7.69. The van der Waals surface area contributed by atoms with Crippen molar-refractivity contribution < 1.29 is 34.8 Å². The molecule has 1 saturated carbocycles. The summed E-state index contributed by atoms with van der Waals surface area (Å²) in [5.74, 6) is -0.0675. The van der Waals surface area contributed by atoms with Gasteiger partial charge < -0.3 is 9.88 Å². The molecular formula is C18H18F6N4O2S. The average Bonchev–Trinajstić information content (AvgIpc) is 3.39. The van der Waals surface area contributed by atoms with Gasteiger partial charge in [-0.2, -0.15) is 30.6 Å². The van der Waals surface area contributed by atoms with Crippen molar-refractivity contribution >= 4 is 15.7 Å². The van der Waals surface area contributed by atoms with E-state index in [-0.39, 0.29) is 28.0 Å². The molecule has 0 saturated heterocycles. The monoisotopic (exact) mass is 468 g/mol. The third kappa shape index (κ3) is 4.25. The lowest BCUT2D eigenvalue weighted by Gasteiger charge is -2.34. The van der Waals surface area contributed by atoms with Gasteiger partial charge in [0.15, 0.2) is 0 Å². The molecule has 170 valence electrons. The zero-order valence-electron chi connectivity index (χ0n) is 15.9. The number of aromatic amines is 1. The second-order valence-corrected chi connectivity index (χ2v) is 9.62. The van der Waals surface area contributed by atoms with Crippen molar-refractivity contribution in [3.63, 3.8) is 0 Å². The van der Waals surface area contributed by atoms with Gasteiger partial charge in [0.2, 0.25) is 0 Å². The van der Waals surface area contributed by atoms with E-state index in [1.54, 1.807) is 4.90 Å². The number of sulfonamides is 1. The minimum Gasteiger partial charge on any atom is -0.361 e. The summed E-state index contributed by atoms with van der Waals surface area (Å²) in [4.78, 5) is 8.46. The van der Waals surface area contributed by atoms with E-state index >= 15 is 0 Å². The Kier molecular flexibility index (Phi) is 5.23. The Hall–Kier alpha value is -2.28. The van der Waals surface area contributed by atoms with Crippen LogP contribution in [0.2, 0.25) is 0 Å². The number of hydrogen-bond acceptors (Lipinski definition) is 4. The van der Waals surface area contributed by atoms with Gasteiger partial charge >= 0.3 is 21.7 Å². The smallest absolute Gasteiger partial charge is 0.361 e. The molecule has 1 atom stereocenters. The number of aromatic nitrogens is 2. The van der Waals surface area contributed by atoms with Crippen LogP contribution in [-0.2, 0) is 29.3 Å². The van der Waals surface area contributed by atoms with Crippen LogP contribution in [0.15, 0.2) is 30.7 Å². The quantitative estimate of drug-likeness (QED) is 0.692. The Balaban J connectivity index is 1.84. The van der Waals surface area contributed by atoms with Crippen molar-refractivity contribution in [2.45, 2.75) is 43.7 Å². The van der Waals surface area contributed by atoms with Crippen LogP contribution >= 0.6 is 0 Å². The third-order valence-electron chi connectivity index (χ3n) is 5.55. The number of alkyl halides is 6. The molecule has 1 fully saturated rings. The van der Waals surface area contributed by atoms with Gasteiger partial charge in [-0.25, -0.2) is 13.4 Å². The van der Waals surface area contributed by atoms with E-state index in [4.69, 9.17) is 0 Å². The highest BCUT2D eigenvalue weighted by molar-refractivity contribution is 7.89. The number of nitrogens with zero attached hydrogens (tertiary/aromatic N) is 3. The first kappa shape index (κ1) is 21.9. The van der Waals surface area contributed by atoms with Crippen LogP contribution in [0.1, 0.15) is 29.7 Å². The summed E-state index contributed by atoms with van der Waals surface area (Å²) in [5, 5.41) is 0. The maximum absolute atomic E-state index is 13.3. The minimum absolute atomic E-state index is 0.0675. The van der Waals surface area contributed by atoms with Crippen molar-refractivity contribution in [1.29, 1.82) is 0 Å². The van der Waals surface area contributed by atoms with Crippen LogP contribution in [0.3, 0.4) is 0 Å². The Labute approximate surface area is 173 Å². The number of nitrogens with one attached hydrogen (secondary N) is 1. The van der Waals surface area contributed by atoms with Crippen LogP contribution in [0.4, 0.5) is 32.0 Å². The molecule has 1 N–H and O–H groups in total. The number of hydrogen-bond donors (Lipinski definition) is 1. The lowest BCUT2D eigenvalue weighted by Crippen LogP contribution is -2.47. The largest absolute Gasteiger partial charge is 0.511 e. The second kappa shape index (κ2) is 7.40. The fraction of sp³-hybridized carbons (Fsp3) is 0.500. The summed E-state index contributed by atoms with van der Waals surface area (Å²) >= 11 is 0. The van der Waals surface area contributed by atoms with Crippen molar-refractivity contribution in [3.8, 4) is 0 Å². The van der Waals surface area contributed by atoms with Crippen LogP contribution in [0, 0.1) is 5.92 Å². The lowest BCUT2D eigenvalue weighted by molar-refractivity contribution is -0.137. The molecule has 13 heteroatoms. The molecule has 2 heterocycles. The molecule has 0 unspecified atom stereocenters. The SMILES string of the molecule is O=S(=O)(N1Cc2cc(C(F)(F)F)ccc2N(Cc2cnc[nH]2)[C@@H](C2CC2)C1)C(F)(F)F. The third-order valence-corrected chi connectivity index (χ3v) is 7.09. The molecule has 1 aliphatic heterocycles. The van der Waals surface area contributed by atoms with Gasteiger partial charge in [-0.05, 0) is 42.5 Å². The van der Waals surface area contributed by atoms with E-state index in [9.17, 15) is 34.8 Å². The summed E-state index contributed by atoms with van der Waals surface area (Å²) in [6.07, 6.45) is -0.421. The number of rotatable bonds is 4. The number of fused-ring (bicyclic) bond motifs is 1. The number of benzene rings is 1. The topological polar surface area (TPSA) is 69.3 Å². The zero-order valence-corrected chi connectivity index (χ0v) is 16.7. The van der Waals surface area contributed by atoms with Crippen molar-refractivity contribution in [2.24, 2.45) is 5.92 Å². The van der Waals surface area contributed by atoms with Crippen molar-refractivity contribution in [3.05, 3.63) is 47.5 Å². The molecule has 4 rings (SSSR count). The summed E-state index contributed by atoms with van der Waals surface area (Å²) in [7, 11) is -5.73. The van der Waals surface area contributed by atoms with Gasteiger partial charge in [-0.3, -0.25) is 0 Å². The van der Waals surface area contributed by atoms with Gasteiger partial charge in [0.05, 0.1) is 24.1 Å². The summed E-state index contributed by atoms with van der Waals surface area (Å²) in [6.45, 7) is -1.14. The summed E-state index contributed by atoms with van der Waals surface area (Å²) in [6, 6.07) is 2.16. The van der Waals surface area contributed by atoms with Crippen molar-refractivity contribution in [2.75, 3.05) is 11.4 Å². The molecule has 0 amide bonds. The fourth-order valence-corrected chi connectivity index (χ4v) is 4.83. The molecule has 0 spiro atoms. The summed E-state index contributed by atoms with van der Waals surface area (Å²) < 4.78 is 104. The molecule has 31 heavy (non-hydrogen) atoms. The number of halogens is 6. The molecule has 2 aromatic rings. The maximum atomic E-state index is 13.3. The van der Waals surface area contributed by atoms with E-state index in [1.807, 2.05) is 0 Å². The van der Waals surface area contributed by atoms with E-state index in [2.05, 4.69) is 9.97 Å². The first-order chi connectivity index (χ1) is 14.4. The van der Waals surface area contributed by atoms with Gasteiger partial charge in [0, 0.05) is 31.0 Å². The fourth-order valence-electron chi connectivity index (χ4n) is 3.88. The van der Waals surface area contributed by atoms with Gasteiger partial charge in [-0.15, -0.1) is 0 Å². The van der Waals surface area contributed by atoms with Gasteiger partial charge in [0.1, 0.15) is 0 Å². The molecule has 0 radical (unpaired) electrons. The van der Waals surface area contributed by atoms with Gasteiger partial charge in [-0.1, -0.05) is 0 Å². The highest BCUT2D eigenvalue weighted by Gasteiger charge is 2.52. The normalized spacial score (nSPS) is 21.1. The average molecular weight is 468 g/mol. The van der Waals surface area contributed by atoms with Crippen molar-refractivity contribution in [1.82, 2.24) is 14.3 Å². The van der Waals surface area contributed by atoms with E-state index in [1.165, 1.54) is 18.6 Å². The molecule has 6 nitrogen and oxygen atoms in total. The van der Waals surface area contributed by atoms with E-state index in [0.717, 1.165) is 12.1 Å². The van der Waals surface area contributed by atoms with E-state index < -0.39 is 46.4 Å². The molecule has 1 aromatic heterocycles. The first-order valence-electron chi connectivity index (χ1n) is 9.38. The highest BCUT2D eigenvalue weighted by atomic mass is 32.2. The molecular weight excluding hydrogens is 450 g/mol. The number of H-pyrrole nitrogens is 1. The van der Waals surface area contributed by atoms with Crippen LogP contribution < -0.4 is 4.90 Å². The van der Waals surface area contributed by atoms with E-state index in [0.29, 0.717) is 18.5 Å². The maximum Gasteiger partial charge on any atom is 0.511 e. The predicted octanol–water partition coefficient (Wildman–Crippen LogP) is 3.88. The van der Waals surface area contributed by atoms with Crippen LogP contribution in [0.25, 0.3) is 0 Å². The highest BCUT2D eigenvalue weighted by Crippen LogP contribution is 2.44. The molecule has 1 aromatic carbocycles. The van der Waals surface area contributed by atoms with Gasteiger partial charge in [0.25, 0.3) is 0 Å². The van der Waals surface area contributed by atoms with Crippen LogP contribution in [-0.4, -0.2) is 40.8 Å². The minimum atomic E-state index is -5.73. The summed E-state index contributed by atoms with van der Waals surface area (Å²) in [5.41, 5.74) is -5.86. The molecule has 2 aliphatic rings. The molecule has 0 bridgehead atoms. The Bertz CT molecular complexity index is 1050. The zero-order chi connectivity index (χ0) is 22.6. The lowest BCUT2D eigenvalue weighted by atomic mass is 10.0. The Morgan fingerprint density at radius 1 is 1.13 bits per heavy atom. The van der Waals surface area contributed by atoms with Crippen LogP contribution in [0.5, 0.6) is 0 Å². The first-order valence-corrected chi connectivity index (χ1v) is 10.8. The number of anilines is 1. The Morgan fingerprint density at radius 3 is 2.39 bits per heavy atom. The Morgan fingerprint density at radius 2 is 1.84 bits per heavy atom. The number of imidazole rings is 1. The molecule has 1 aliphatic carbocycles.